The minimum absolute atomic E-state index is 0.0267. The lowest BCUT2D eigenvalue weighted by Crippen LogP contribution is -2.61. The van der Waals surface area contributed by atoms with Crippen molar-refractivity contribution < 1.29 is 23.4 Å². The average Bonchev–Trinajstić information content (AvgIpc) is 2.70. The minimum Gasteiger partial charge on any atom is -0.474 e. The van der Waals surface area contributed by atoms with E-state index < -0.39 is 6.43 Å². The number of hydrogen-bond acceptors (Lipinski definition) is 4. The van der Waals surface area contributed by atoms with Crippen LogP contribution < -0.4 is 4.74 Å². The van der Waals surface area contributed by atoms with Gasteiger partial charge in [-0.2, -0.15) is 0 Å². The van der Waals surface area contributed by atoms with E-state index in [0.29, 0.717) is 12.0 Å². The molecule has 1 aromatic rings. The molecule has 1 aliphatic heterocycles. The Labute approximate surface area is 171 Å². The van der Waals surface area contributed by atoms with Gasteiger partial charge in [0, 0.05) is 24.6 Å². The van der Waals surface area contributed by atoms with E-state index in [1.165, 1.54) is 0 Å². The van der Waals surface area contributed by atoms with Crippen LogP contribution in [0.4, 0.5) is 8.78 Å². The van der Waals surface area contributed by atoms with Crippen LogP contribution in [0.5, 0.6) is 5.88 Å². The first-order valence-corrected chi connectivity index (χ1v) is 10.8. The summed E-state index contributed by atoms with van der Waals surface area (Å²) in [7, 11) is 0. The Morgan fingerprint density at radius 1 is 1.31 bits per heavy atom. The van der Waals surface area contributed by atoms with Gasteiger partial charge in [-0.3, -0.25) is 4.79 Å². The second-order valence-electron chi connectivity index (χ2n) is 8.53. The first-order valence-electron chi connectivity index (χ1n) is 10.8. The number of halogens is 2. The van der Waals surface area contributed by atoms with Crippen molar-refractivity contribution in [2.75, 3.05) is 19.7 Å². The molecule has 1 spiro atoms. The summed E-state index contributed by atoms with van der Waals surface area (Å²) >= 11 is 0. The molecule has 0 bridgehead atoms. The van der Waals surface area contributed by atoms with E-state index in [1.54, 1.807) is 12.1 Å². The first-order chi connectivity index (χ1) is 13.9. The lowest BCUT2D eigenvalue weighted by molar-refractivity contribution is -0.153. The topological polar surface area (TPSA) is 62.7 Å². The molecule has 7 heteroatoms. The molecular weight excluding hydrogens is 378 g/mol. The van der Waals surface area contributed by atoms with E-state index in [4.69, 9.17) is 4.74 Å². The summed E-state index contributed by atoms with van der Waals surface area (Å²) in [4.78, 5) is 18.4. The smallest absolute Gasteiger partial charge is 0.280 e. The van der Waals surface area contributed by atoms with Gasteiger partial charge < -0.3 is 14.7 Å². The van der Waals surface area contributed by atoms with Crippen molar-refractivity contribution in [3.05, 3.63) is 23.4 Å². The van der Waals surface area contributed by atoms with Crippen LogP contribution in [0.1, 0.15) is 70.1 Å². The predicted octanol–water partition coefficient (Wildman–Crippen LogP) is 4.14. The number of ether oxygens (including phenoxy) is 1. The van der Waals surface area contributed by atoms with E-state index in [-0.39, 0.29) is 41.5 Å². The summed E-state index contributed by atoms with van der Waals surface area (Å²) in [5.41, 5.74) is 0.518. The molecule has 1 amide bonds. The number of carbonyl (C=O) groups is 1. The number of aliphatic hydroxyl groups excluding tert-OH is 1. The number of aliphatic hydroxyl groups is 1. The molecule has 29 heavy (non-hydrogen) atoms. The quantitative estimate of drug-likeness (QED) is 0.700. The van der Waals surface area contributed by atoms with Gasteiger partial charge in [0.15, 0.2) is 0 Å². The van der Waals surface area contributed by atoms with E-state index in [9.17, 15) is 18.7 Å². The third kappa shape index (κ3) is 4.87. The molecule has 3 rings (SSSR count). The summed E-state index contributed by atoms with van der Waals surface area (Å²) < 4.78 is 32.3. The van der Waals surface area contributed by atoms with Gasteiger partial charge in [-0.25, -0.2) is 13.8 Å². The fraction of sp³-hybridized carbons (Fsp3) is 0.727. The normalized spacial score (nSPS) is 20.0. The highest BCUT2D eigenvalue weighted by molar-refractivity contribution is 5.80. The summed E-state index contributed by atoms with van der Waals surface area (Å²) in [6, 6.07) is 3.36. The highest BCUT2D eigenvalue weighted by Gasteiger charge is 2.48. The van der Waals surface area contributed by atoms with Crippen LogP contribution in [0.15, 0.2) is 12.1 Å². The summed E-state index contributed by atoms with van der Waals surface area (Å²) in [6.07, 6.45) is 3.07. The number of aryl methyl sites for hydroxylation is 1. The van der Waals surface area contributed by atoms with E-state index in [2.05, 4.69) is 4.98 Å². The molecule has 162 valence electrons. The molecule has 0 unspecified atom stereocenters. The Bertz CT molecular complexity index is 697. The lowest BCUT2D eigenvalue weighted by Gasteiger charge is -2.54. The second-order valence-corrected chi connectivity index (χ2v) is 8.53. The van der Waals surface area contributed by atoms with Crippen LogP contribution in [0.3, 0.4) is 0 Å². The largest absolute Gasteiger partial charge is 0.474 e. The lowest BCUT2D eigenvalue weighted by atomic mass is 9.67. The number of pyridine rings is 1. The zero-order valence-electron chi connectivity index (χ0n) is 17.4. The van der Waals surface area contributed by atoms with Crippen LogP contribution in [0, 0.1) is 11.3 Å². The highest BCUT2D eigenvalue weighted by atomic mass is 19.3. The van der Waals surface area contributed by atoms with Crippen LogP contribution in [0.25, 0.3) is 0 Å². The summed E-state index contributed by atoms with van der Waals surface area (Å²) in [5, 5.41) is 9.44. The van der Waals surface area contributed by atoms with Gasteiger partial charge in [0.1, 0.15) is 11.8 Å². The maximum Gasteiger partial charge on any atom is 0.280 e. The molecule has 1 aromatic heterocycles. The Balaban J connectivity index is 1.51. The van der Waals surface area contributed by atoms with Crippen molar-refractivity contribution in [1.29, 1.82) is 0 Å². The van der Waals surface area contributed by atoms with Crippen molar-refractivity contribution >= 4 is 5.91 Å². The third-order valence-corrected chi connectivity index (χ3v) is 6.43. The van der Waals surface area contributed by atoms with Crippen molar-refractivity contribution in [3.63, 3.8) is 0 Å². The van der Waals surface area contributed by atoms with Crippen molar-refractivity contribution in [1.82, 2.24) is 9.88 Å². The van der Waals surface area contributed by atoms with Gasteiger partial charge in [0.25, 0.3) is 6.43 Å². The average molecular weight is 411 g/mol. The molecule has 1 saturated carbocycles. The molecule has 2 aliphatic rings. The van der Waals surface area contributed by atoms with Crippen LogP contribution in [-0.2, 0) is 11.2 Å². The number of carbonyl (C=O) groups excluding carboxylic acids is 1. The molecule has 2 heterocycles. The molecule has 2 fully saturated rings. The molecule has 1 N–H and O–H groups in total. The zero-order valence-corrected chi connectivity index (χ0v) is 17.4. The number of nitrogens with zero attached hydrogens (tertiary/aromatic N) is 2. The molecule has 5 nitrogen and oxygen atoms in total. The van der Waals surface area contributed by atoms with Crippen molar-refractivity contribution in [3.8, 4) is 5.88 Å². The Morgan fingerprint density at radius 2 is 2.00 bits per heavy atom. The number of hydrogen-bond donors (Lipinski definition) is 1. The molecule has 1 atom stereocenters. The molecule has 1 saturated heterocycles. The Morgan fingerprint density at radius 3 is 2.55 bits per heavy atom. The standard InChI is InChI=1S/C22H32F2N2O3/c1-3-5-16(12-27)21(28)26-13-22(14-26)10-8-17(9-11-22)29-18-7-6-15(4-2)19(25-18)20(23)24/h6-7,16-17,20,27H,3-5,8-14H2,1-2H3/t16-/m1/s1. The van der Waals surface area contributed by atoms with Crippen molar-refractivity contribution in [2.45, 2.75) is 71.3 Å². The molecule has 0 aromatic carbocycles. The van der Waals surface area contributed by atoms with Crippen LogP contribution in [-0.4, -0.2) is 46.7 Å². The van der Waals surface area contributed by atoms with Crippen LogP contribution >= 0.6 is 0 Å². The zero-order chi connectivity index (χ0) is 21.0. The van der Waals surface area contributed by atoms with E-state index in [0.717, 1.165) is 51.6 Å². The fourth-order valence-corrected chi connectivity index (χ4v) is 4.67. The second kappa shape index (κ2) is 9.37. The number of alkyl halides is 2. The van der Waals surface area contributed by atoms with Gasteiger partial charge in [-0.1, -0.05) is 26.3 Å². The van der Waals surface area contributed by atoms with Gasteiger partial charge >= 0.3 is 0 Å². The first kappa shape index (κ1) is 21.9. The highest BCUT2D eigenvalue weighted by Crippen LogP contribution is 2.45. The molecule has 0 radical (unpaired) electrons. The summed E-state index contributed by atoms with van der Waals surface area (Å²) in [5.74, 6) is 0.0607. The summed E-state index contributed by atoms with van der Waals surface area (Å²) in [6.45, 7) is 5.26. The Hall–Kier alpha value is -1.76. The maximum atomic E-state index is 13.2. The van der Waals surface area contributed by atoms with Gasteiger partial charge in [-0.15, -0.1) is 0 Å². The van der Waals surface area contributed by atoms with E-state index >= 15 is 0 Å². The Kier molecular flexibility index (Phi) is 7.09. The molecule has 1 aliphatic carbocycles. The van der Waals surface area contributed by atoms with E-state index in [1.807, 2.05) is 18.7 Å². The number of amides is 1. The number of aromatic nitrogens is 1. The van der Waals surface area contributed by atoms with Gasteiger partial charge in [0.2, 0.25) is 11.8 Å². The maximum absolute atomic E-state index is 13.2. The fourth-order valence-electron chi connectivity index (χ4n) is 4.67. The van der Waals surface area contributed by atoms with Gasteiger partial charge in [-0.05, 0) is 44.1 Å². The monoisotopic (exact) mass is 410 g/mol. The van der Waals surface area contributed by atoms with Crippen LogP contribution in [0.2, 0.25) is 0 Å². The number of likely N-dealkylation sites (tertiary alicyclic amines) is 1. The third-order valence-electron chi connectivity index (χ3n) is 6.43. The van der Waals surface area contributed by atoms with Crippen molar-refractivity contribution in [2.24, 2.45) is 11.3 Å². The number of rotatable bonds is 8. The molecular formula is C22H32F2N2O3. The minimum atomic E-state index is -2.60. The van der Waals surface area contributed by atoms with Gasteiger partial charge in [0.05, 0.1) is 12.5 Å². The SMILES string of the molecule is CCC[C@H](CO)C(=O)N1CC2(CCC(Oc3ccc(CC)c(C(F)F)n3)CC2)C1. The predicted molar refractivity (Wildman–Crippen MR) is 106 cm³/mol.